The highest BCUT2D eigenvalue weighted by Gasteiger charge is 2.46. The molecule has 0 saturated carbocycles. The number of nitrogens with two attached hydrogens (primary N) is 1. The van der Waals surface area contributed by atoms with Crippen molar-refractivity contribution in [2.24, 2.45) is 29.4 Å². The molecule has 5 nitrogen and oxygen atoms in total. The number of methoxy groups -OCH3 is 1. The maximum Gasteiger partial charge on any atom is 0.237 e. The molecule has 1 aromatic carbocycles. The number of hydrogen-bond donors (Lipinski definition) is 2. The minimum absolute atomic E-state index is 0.281. The quantitative estimate of drug-likeness (QED) is 0.814. The van der Waals surface area contributed by atoms with Gasteiger partial charge in [-0.15, -0.1) is 0 Å². The van der Waals surface area contributed by atoms with Gasteiger partial charge in [0, 0.05) is 17.5 Å². The fraction of sp³-hybridized carbons (Fsp3) is 0.524. The van der Waals surface area contributed by atoms with Crippen LogP contribution in [0.3, 0.4) is 0 Å². The van der Waals surface area contributed by atoms with E-state index in [4.69, 9.17) is 10.5 Å². The molecule has 2 aliphatic rings. The lowest BCUT2D eigenvalue weighted by atomic mass is 9.65. The molecule has 0 saturated heterocycles. The van der Waals surface area contributed by atoms with Crippen LogP contribution in [-0.2, 0) is 9.59 Å². The normalized spacial score (nSPS) is 28.6. The molecule has 3 rings (SSSR count). The number of carbonyl (C=O) groups excluding carboxylic acids is 2. The van der Waals surface area contributed by atoms with Gasteiger partial charge in [0.1, 0.15) is 11.7 Å². The second-order valence-corrected chi connectivity index (χ2v) is 7.82. The minimum Gasteiger partial charge on any atom is -0.497 e. The first kappa shape index (κ1) is 18.5. The second-order valence-electron chi connectivity index (χ2n) is 7.82. The van der Waals surface area contributed by atoms with E-state index in [1.54, 1.807) is 7.11 Å². The first-order valence-corrected chi connectivity index (χ1v) is 9.33. The van der Waals surface area contributed by atoms with Crippen LogP contribution in [0.5, 0.6) is 5.75 Å². The Kier molecular flexibility index (Phi) is 5.08. The van der Waals surface area contributed by atoms with Gasteiger partial charge in [-0.1, -0.05) is 32.9 Å². The Bertz CT molecular complexity index is 736. The van der Waals surface area contributed by atoms with Crippen molar-refractivity contribution in [1.29, 1.82) is 0 Å². The molecule has 1 aliphatic carbocycles. The zero-order chi connectivity index (χ0) is 19.0. The van der Waals surface area contributed by atoms with Crippen molar-refractivity contribution in [3.8, 4) is 5.75 Å². The standard InChI is InChI=1S/C21H28N2O3/c1-11(2)15-10-5-12(3)16-17(13-6-8-14(26-4)9-7-13)18(20(22)24)21(25)23-19(15)16/h6-9,11-12,15,17-18H,5,10H2,1-4H3,(H2,22,24)(H,23,25). The Morgan fingerprint density at radius 3 is 2.42 bits per heavy atom. The van der Waals surface area contributed by atoms with Crippen molar-refractivity contribution < 1.29 is 14.3 Å². The van der Waals surface area contributed by atoms with E-state index in [1.165, 1.54) is 5.57 Å². The van der Waals surface area contributed by atoms with Crippen LogP contribution in [0.2, 0.25) is 0 Å². The van der Waals surface area contributed by atoms with E-state index in [-0.39, 0.29) is 11.8 Å². The lowest BCUT2D eigenvalue weighted by Crippen LogP contribution is -2.50. The Balaban J connectivity index is 2.17. The Hall–Kier alpha value is -2.30. The summed E-state index contributed by atoms with van der Waals surface area (Å²) in [6.45, 7) is 6.54. The molecule has 1 aliphatic heterocycles. The van der Waals surface area contributed by atoms with Crippen molar-refractivity contribution in [1.82, 2.24) is 5.32 Å². The van der Waals surface area contributed by atoms with Crippen molar-refractivity contribution in [2.75, 3.05) is 7.11 Å². The second kappa shape index (κ2) is 7.14. The first-order chi connectivity index (χ1) is 12.3. The molecular formula is C21H28N2O3. The van der Waals surface area contributed by atoms with Crippen molar-refractivity contribution in [2.45, 2.75) is 39.5 Å². The molecule has 4 unspecified atom stereocenters. The van der Waals surface area contributed by atoms with Gasteiger partial charge in [-0.05, 0) is 47.9 Å². The van der Waals surface area contributed by atoms with Crippen LogP contribution in [0, 0.1) is 23.7 Å². The number of nitrogens with one attached hydrogen (secondary N) is 1. The van der Waals surface area contributed by atoms with Crippen LogP contribution in [0.15, 0.2) is 35.5 Å². The van der Waals surface area contributed by atoms with E-state index in [0.717, 1.165) is 29.9 Å². The van der Waals surface area contributed by atoms with Crippen LogP contribution >= 0.6 is 0 Å². The Labute approximate surface area is 155 Å². The summed E-state index contributed by atoms with van der Waals surface area (Å²) < 4.78 is 5.25. The third-order valence-electron chi connectivity index (χ3n) is 5.92. The van der Waals surface area contributed by atoms with Crippen molar-refractivity contribution >= 4 is 11.8 Å². The lowest BCUT2D eigenvalue weighted by Gasteiger charge is -2.43. The summed E-state index contributed by atoms with van der Waals surface area (Å²) in [5.41, 5.74) is 8.78. The van der Waals surface area contributed by atoms with E-state index in [0.29, 0.717) is 17.8 Å². The van der Waals surface area contributed by atoms with E-state index >= 15 is 0 Å². The van der Waals surface area contributed by atoms with Gasteiger partial charge in [0.25, 0.3) is 0 Å². The minimum atomic E-state index is -0.879. The zero-order valence-electron chi connectivity index (χ0n) is 15.9. The largest absolute Gasteiger partial charge is 0.497 e. The van der Waals surface area contributed by atoms with Crippen LogP contribution in [0.4, 0.5) is 0 Å². The van der Waals surface area contributed by atoms with Crippen LogP contribution < -0.4 is 15.8 Å². The fourth-order valence-corrected chi connectivity index (χ4v) is 4.53. The molecule has 0 radical (unpaired) electrons. The first-order valence-electron chi connectivity index (χ1n) is 9.33. The lowest BCUT2D eigenvalue weighted by molar-refractivity contribution is -0.134. The van der Waals surface area contributed by atoms with Gasteiger partial charge < -0.3 is 15.8 Å². The highest BCUT2D eigenvalue weighted by Crippen LogP contribution is 2.48. The average molecular weight is 356 g/mol. The number of allylic oxidation sites excluding steroid dienone is 2. The molecule has 3 N–H and O–H groups in total. The molecule has 0 aromatic heterocycles. The monoisotopic (exact) mass is 356 g/mol. The van der Waals surface area contributed by atoms with Gasteiger partial charge in [0.15, 0.2) is 0 Å². The maximum atomic E-state index is 12.8. The molecule has 26 heavy (non-hydrogen) atoms. The van der Waals surface area contributed by atoms with E-state index in [9.17, 15) is 9.59 Å². The molecule has 1 heterocycles. The number of rotatable bonds is 4. The average Bonchev–Trinajstić information content (AvgIpc) is 2.60. The Morgan fingerprint density at radius 1 is 1.23 bits per heavy atom. The molecular weight excluding hydrogens is 328 g/mol. The van der Waals surface area contributed by atoms with E-state index in [1.807, 2.05) is 24.3 Å². The molecule has 0 fully saturated rings. The fourth-order valence-electron chi connectivity index (χ4n) is 4.53. The molecule has 1 aromatic rings. The maximum absolute atomic E-state index is 12.8. The molecule has 140 valence electrons. The molecule has 0 spiro atoms. The van der Waals surface area contributed by atoms with Gasteiger partial charge in [-0.25, -0.2) is 0 Å². The van der Waals surface area contributed by atoms with Crippen molar-refractivity contribution in [3.63, 3.8) is 0 Å². The smallest absolute Gasteiger partial charge is 0.237 e. The highest BCUT2D eigenvalue weighted by atomic mass is 16.5. The zero-order valence-corrected chi connectivity index (χ0v) is 15.9. The van der Waals surface area contributed by atoms with E-state index in [2.05, 4.69) is 26.1 Å². The number of hydrogen-bond acceptors (Lipinski definition) is 3. The van der Waals surface area contributed by atoms with Gasteiger partial charge in [-0.3, -0.25) is 9.59 Å². The number of amides is 2. The Morgan fingerprint density at radius 2 is 1.88 bits per heavy atom. The topological polar surface area (TPSA) is 81.4 Å². The molecule has 0 bridgehead atoms. The molecule has 4 atom stereocenters. The van der Waals surface area contributed by atoms with Gasteiger partial charge in [0.05, 0.1) is 7.11 Å². The number of primary amides is 1. The molecule has 2 amide bonds. The third kappa shape index (κ3) is 3.11. The summed E-state index contributed by atoms with van der Waals surface area (Å²) in [7, 11) is 1.62. The number of carbonyl (C=O) groups is 2. The van der Waals surface area contributed by atoms with Crippen molar-refractivity contribution in [3.05, 3.63) is 41.1 Å². The third-order valence-corrected chi connectivity index (χ3v) is 5.92. The summed E-state index contributed by atoms with van der Waals surface area (Å²) in [6, 6.07) is 7.61. The van der Waals surface area contributed by atoms with Gasteiger partial charge in [0.2, 0.25) is 11.8 Å². The van der Waals surface area contributed by atoms with E-state index < -0.39 is 11.8 Å². The SMILES string of the molecule is COc1ccc(C2C3=C(NC(=O)C2C(N)=O)C(C(C)C)CCC3C)cc1. The number of ether oxygens (including phenoxy) is 1. The van der Waals surface area contributed by atoms with Gasteiger partial charge in [-0.2, -0.15) is 0 Å². The van der Waals surface area contributed by atoms with Crippen LogP contribution in [-0.4, -0.2) is 18.9 Å². The predicted octanol–water partition coefficient (Wildman–Crippen LogP) is 2.97. The summed E-state index contributed by atoms with van der Waals surface area (Å²) in [5.74, 6) is -0.265. The summed E-state index contributed by atoms with van der Waals surface area (Å²) >= 11 is 0. The summed E-state index contributed by atoms with van der Waals surface area (Å²) in [4.78, 5) is 25.0. The summed E-state index contributed by atoms with van der Waals surface area (Å²) in [5, 5.41) is 3.05. The summed E-state index contributed by atoms with van der Waals surface area (Å²) in [6.07, 6.45) is 2.10. The number of benzene rings is 1. The van der Waals surface area contributed by atoms with Crippen LogP contribution in [0.1, 0.15) is 45.1 Å². The van der Waals surface area contributed by atoms with Crippen LogP contribution in [0.25, 0.3) is 0 Å². The van der Waals surface area contributed by atoms with Gasteiger partial charge >= 0.3 is 0 Å². The predicted molar refractivity (Wildman–Crippen MR) is 100 cm³/mol. The molecule has 5 heteroatoms. The highest BCUT2D eigenvalue weighted by molar-refractivity contribution is 6.02.